The first-order valence-electron chi connectivity index (χ1n) is 6.55. The van der Waals surface area contributed by atoms with Crippen LogP contribution in [0, 0.1) is 5.92 Å². The Bertz CT molecular complexity index is 444. The molecule has 0 atom stereocenters. The number of hydrogen-bond acceptors (Lipinski definition) is 3. The molecular weight excluding hydrogens is 258 g/mol. The zero-order chi connectivity index (χ0) is 14.6. The fourth-order valence-electron chi connectivity index (χ4n) is 2.12. The molecule has 4 heteroatoms. The molecule has 1 N–H and O–H groups in total. The average Bonchev–Trinajstić information content (AvgIpc) is 2.34. The van der Waals surface area contributed by atoms with Gasteiger partial charge in [-0.15, -0.1) is 11.8 Å². The number of rotatable bonds is 6. The van der Waals surface area contributed by atoms with Crippen molar-refractivity contribution in [3.63, 3.8) is 0 Å². The third-order valence-electron chi connectivity index (χ3n) is 2.93. The van der Waals surface area contributed by atoms with Crippen molar-refractivity contribution in [2.45, 2.75) is 38.6 Å². The molecule has 0 unspecified atom stereocenters. The van der Waals surface area contributed by atoms with E-state index < -0.39 is 5.97 Å². The molecule has 0 aliphatic heterocycles. The number of hydrogen-bond donors (Lipinski definition) is 1. The van der Waals surface area contributed by atoms with Crippen molar-refractivity contribution in [3.05, 3.63) is 23.8 Å². The molecule has 0 saturated carbocycles. The fourth-order valence-corrected chi connectivity index (χ4v) is 2.74. The van der Waals surface area contributed by atoms with E-state index in [2.05, 4.69) is 32.6 Å². The van der Waals surface area contributed by atoms with E-state index >= 15 is 0 Å². The Morgan fingerprint density at radius 2 is 1.95 bits per heavy atom. The highest BCUT2D eigenvalue weighted by atomic mass is 32.2. The predicted octanol–water partition coefficient (Wildman–Crippen LogP) is 3.98. The molecule has 1 aromatic rings. The van der Waals surface area contributed by atoms with Gasteiger partial charge in [0.15, 0.2) is 0 Å². The number of anilines is 1. The monoisotopic (exact) mass is 281 g/mol. The number of aromatic carboxylic acids is 1. The summed E-state index contributed by atoms with van der Waals surface area (Å²) in [7, 11) is 0. The van der Waals surface area contributed by atoms with E-state index in [-0.39, 0.29) is 6.04 Å². The van der Waals surface area contributed by atoms with Gasteiger partial charge < -0.3 is 10.0 Å². The Morgan fingerprint density at radius 3 is 2.37 bits per heavy atom. The van der Waals surface area contributed by atoms with Crippen molar-refractivity contribution in [3.8, 4) is 0 Å². The normalized spacial score (nSPS) is 11.1. The molecule has 0 amide bonds. The smallest absolute Gasteiger partial charge is 0.338 e. The van der Waals surface area contributed by atoms with Crippen molar-refractivity contribution in [2.24, 2.45) is 5.92 Å². The minimum Gasteiger partial charge on any atom is -0.478 e. The standard InChI is InChI=1S/C15H23NO2S/c1-10(2)9-16(11(3)4)12-7-6-8-13(19-5)14(12)15(17)18/h6-8,10-11H,9H2,1-5H3,(H,17,18). The first kappa shape index (κ1) is 15.9. The fraction of sp³-hybridized carbons (Fsp3) is 0.533. The third-order valence-corrected chi connectivity index (χ3v) is 3.71. The van der Waals surface area contributed by atoms with Crippen LogP contribution >= 0.6 is 11.8 Å². The highest BCUT2D eigenvalue weighted by Crippen LogP contribution is 2.31. The number of nitrogens with zero attached hydrogens (tertiary/aromatic N) is 1. The highest BCUT2D eigenvalue weighted by Gasteiger charge is 2.21. The van der Waals surface area contributed by atoms with Crippen LogP contribution in [0.15, 0.2) is 23.1 Å². The maximum Gasteiger partial charge on any atom is 0.338 e. The SMILES string of the molecule is CSc1cccc(N(CC(C)C)C(C)C)c1C(=O)O. The first-order chi connectivity index (χ1) is 8.88. The number of carboxylic acid groups (broad SMARTS) is 1. The van der Waals surface area contributed by atoms with Crippen molar-refractivity contribution in [1.29, 1.82) is 0 Å². The second-order valence-electron chi connectivity index (χ2n) is 5.30. The second-order valence-corrected chi connectivity index (χ2v) is 6.15. The quantitative estimate of drug-likeness (QED) is 0.801. The molecule has 0 aromatic heterocycles. The summed E-state index contributed by atoms with van der Waals surface area (Å²) in [4.78, 5) is 14.6. The predicted molar refractivity (Wildman–Crippen MR) is 82.5 cm³/mol. The Kier molecular flexibility index (Phi) is 5.73. The van der Waals surface area contributed by atoms with E-state index in [9.17, 15) is 9.90 Å². The molecule has 19 heavy (non-hydrogen) atoms. The summed E-state index contributed by atoms with van der Waals surface area (Å²) in [5.74, 6) is -0.365. The number of carboxylic acids is 1. The van der Waals surface area contributed by atoms with Gasteiger partial charge in [-0.25, -0.2) is 4.79 Å². The zero-order valence-electron chi connectivity index (χ0n) is 12.3. The molecule has 3 nitrogen and oxygen atoms in total. The number of benzene rings is 1. The first-order valence-corrected chi connectivity index (χ1v) is 7.77. The van der Waals surface area contributed by atoms with E-state index in [4.69, 9.17) is 0 Å². The molecule has 0 fully saturated rings. The van der Waals surface area contributed by atoms with Gasteiger partial charge in [0, 0.05) is 17.5 Å². The van der Waals surface area contributed by atoms with E-state index in [0.29, 0.717) is 11.5 Å². The van der Waals surface area contributed by atoms with Crippen molar-refractivity contribution in [1.82, 2.24) is 0 Å². The zero-order valence-corrected chi connectivity index (χ0v) is 13.1. The van der Waals surface area contributed by atoms with Gasteiger partial charge in [0.1, 0.15) is 0 Å². The molecule has 0 radical (unpaired) electrons. The molecule has 0 aliphatic rings. The molecular formula is C15H23NO2S. The molecule has 1 rings (SSSR count). The van der Waals surface area contributed by atoms with Gasteiger partial charge in [0.05, 0.1) is 11.3 Å². The lowest BCUT2D eigenvalue weighted by atomic mass is 10.1. The Morgan fingerprint density at radius 1 is 1.32 bits per heavy atom. The largest absolute Gasteiger partial charge is 0.478 e. The van der Waals surface area contributed by atoms with Gasteiger partial charge in [-0.2, -0.15) is 0 Å². The lowest BCUT2D eigenvalue weighted by molar-refractivity contribution is 0.0693. The van der Waals surface area contributed by atoms with Gasteiger partial charge in [-0.3, -0.25) is 0 Å². The summed E-state index contributed by atoms with van der Waals surface area (Å²) in [6, 6.07) is 5.98. The maximum absolute atomic E-state index is 11.6. The van der Waals surface area contributed by atoms with Crippen molar-refractivity contribution < 1.29 is 9.90 Å². The van der Waals surface area contributed by atoms with Crippen LogP contribution in [0.5, 0.6) is 0 Å². The van der Waals surface area contributed by atoms with E-state index in [1.54, 1.807) is 0 Å². The van der Waals surface area contributed by atoms with Crippen LogP contribution in [0.2, 0.25) is 0 Å². The van der Waals surface area contributed by atoms with Crippen molar-refractivity contribution in [2.75, 3.05) is 17.7 Å². The van der Waals surface area contributed by atoms with Crippen LogP contribution < -0.4 is 4.90 Å². The van der Waals surface area contributed by atoms with Crippen molar-refractivity contribution >= 4 is 23.4 Å². The van der Waals surface area contributed by atoms with Gasteiger partial charge in [-0.1, -0.05) is 19.9 Å². The Balaban J connectivity index is 3.33. The topological polar surface area (TPSA) is 40.5 Å². The lowest BCUT2D eigenvalue weighted by Gasteiger charge is -2.32. The Labute approximate surface area is 120 Å². The summed E-state index contributed by atoms with van der Waals surface area (Å²) < 4.78 is 0. The average molecular weight is 281 g/mol. The minimum atomic E-state index is -0.852. The van der Waals surface area contributed by atoms with Gasteiger partial charge in [-0.05, 0) is 38.2 Å². The van der Waals surface area contributed by atoms with Gasteiger partial charge in [0.2, 0.25) is 0 Å². The summed E-state index contributed by atoms with van der Waals surface area (Å²) in [6.45, 7) is 9.35. The van der Waals surface area contributed by atoms with Crippen LogP contribution in [0.25, 0.3) is 0 Å². The minimum absolute atomic E-state index is 0.276. The maximum atomic E-state index is 11.6. The summed E-state index contributed by atoms with van der Waals surface area (Å²) in [5, 5.41) is 9.50. The molecule has 106 valence electrons. The van der Waals surface area contributed by atoms with Gasteiger partial charge >= 0.3 is 5.97 Å². The number of carbonyl (C=O) groups is 1. The highest BCUT2D eigenvalue weighted by molar-refractivity contribution is 7.98. The van der Waals surface area contributed by atoms with E-state index in [1.807, 2.05) is 24.5 Å². The molecule has 0 saturated heterocycles. The summed E-state index contributed by atoms with van der Waals surface area (Å²) in [5.41, 5.74) is 1.24. The second kappa shape index (κ2) is 6.85. The summed E-state index contributed by atoms with van der Waals surface area (Å²) in [6.07, 6.45) is 1.91. The molecule has 1 aromatic carbocycles. The van der Waals surface area contributed by atoms with Crippen LogP contribution in [-0.2, 0) is 0 Å². The lowest BCUT2D eigenvalue weighted by Crippen LogP contribution is -2.35. The number of thioether (sulfide) groups is 1. The summed E-state index contributed by atoms with van der Waals surface area (Å²) >= 11 is 1.48. The van der Waals surface area contributed by atoms with Crippen LogP contribution in [0.1, 0.15) is 38.1 Å². The molecule has 0 bridgehead atoms. The molecule has 0 aliphatic carbocycles. The van der Waals surface area contributed by atoms with E-state index in [1.165, 1.54) is 11.8 Å². The third kappa shape index (κ3) is 3.90. The molecule has 0 heterocycles. The van der Waals surface area contributed by atoms with Crippen LogP contribution in [0.3, 0.4) is 0 Å². The van der Waals surface area contributed by atoms with Crippen LogP contribution in [-0.4, -0.2) is 29.9 Å². The van der Waals surface area contributed by atoms with Gasteiger partial charge in [0.25, 0.3) is 0 Å². The van der Waals surface area contributed by atoms with Crippen LogP contribution in [0.4, 0.5) is 5.69 Å². The Hall–Kier alpha value is -1.16. The molecule has 0 spiro atoms. The van der Waals surface area contributed by atoms with E-state index in [0.717, 1.165) is 17.1 Å².